The molecule has 1 unspecified atom stereocenters. The maximum atomic E-state index is 11.7. The van der Waals surface area contributed by atoms with Crippen LogP contribution in [0.4, 0.5) is 0 Å². The molecule has 2 N–H and O–H groups in total. The Morgan fingerprint density at radius 2 is 2.11 bits per heavy atom. The van der Waals surface area contributed by atoms with E-state index in [0.29, 0.717) is 12.4 Å². The number of nitrogens with two attached hydrogens (primary N) is 1. The van der Waals surface area contributed by atoms with Crippen molar-refractivity contribution in [3.63, 3.8) is 0 Å². The van der Waals surface area contributed by atoms with Gasteiger partial charge in [0.1, 0.15) is 5.54 Å². The molecule has 0 aromatic heterocycles. The second-order valence-corrected chi connectivity index (χ2v) is 5.71. The number of aryl methyl sites for hydroxylation is 2. The lowest BCUT2D eigenvalue weighted by Gasteiger charge is -2.22. The van der Waals surface area contributed by atoms with Crippen LogP contribution in [0.3, 0.4) is 0 Å². The van der Waals surface area contributed by atoms with Crippen LogP contribution in [0.25, 0.3) is 0 Å². The van der Waals surface area contributed by atoms with Crippen molar-refractivity contribution in [2.24, 2.45) is 5.73 Å². The van der Waals surface area contributed by atoms with Crippen molar-refractivity contribution in [3.8, 4) is 0 Å². The molecule has 3 nitrogen and oxygen atoms in total. The van der Waals surface area contributed by atoms with Crippen molar-refractivity contribution in [2.75, 3.05) is 12.4 Å². The van der Waals surface area contributed by atoms with E-state index >= 15 is 0 Å². The maximum absolute atomic E-state index is 11.7. The predicted octanol–water partition coefficient (Wildman–Crippen LogP) is 2.68. The molecule has 4 heteroatoms. The molecule has 0 aliphatic carbocycles. The fourth-order valence-electron chi connectivity index (χ4n) is 1.54. The minimum Gasteiger partial charge on any atom is -0.465 e. The third kappa shape index (κ3) is 4.03. The Balaban J connectivity index is 2.66. The molecule has 0 aliphatic rings. The van der Waals surface area contributed by atoms with Gasteiger partial charge in [-0.2, -0.15) is 0 Å². The Morgan fingerprint density at radius 3 is 2.67 bits per heavy atom. The highest BCUT2D eigenvalue weighted by molar-refractivity contribution is 7.99. The summed E-state index contributed by atoms with van der Waals surface area (Å²) in [6.45, 7) is 7.98. The first-order valence-electron chi connectivity index (χ1n) is 6.03. The van der Waals surface area contributed by atoms with Gasteiger partial charge < -0.3 is 10.5 Å². The lowest BCUT2D eigenvalue weighted by atomic mass is 10.1. The number of ether oxygens (including phenoxy) is 1. The summed E-state index contributed by atoms with van der Waals surface area (Å²) < 4.78 is 4.97. The van der Waals surface area contributed by atoms with Crippen molar-refractivity contribution >= 4 is 17.7 Å². The van der Waals surface area contributed by atoms with Gasteiger partial charge in [-0.3, -0.25) is 4.79 Å². The molecule has 0 radical (unpaired) electrons. The molecule has 1 aromatic rings. The SMILES string of the molecule is CCOC(=O)C(C)(N)CSc1ccc(C)cc1C. The van der Waals surface area contributed by atoms with E-state index in [-0.39, 0.29) is 5.97 Å². The molecule has 0 saturated carbocycles. The monoisotopic (exact) mass is 267 g/mol. The van der Waals surface area contributed by atoms with E-state index in [1.165, 1.54) is 11.1 Å². The number of carbonyl (C=O) groups excluding carboxylic acids is 1. The lowest BCUT2D eigenvalue weighted by Crippen LogP contribution is -2.48. The van der Waals surface area contributed by atoms with Crippen molar-refractivity contribution < 1.29 is 9.53 Å². The van der Waals surface area contributed by atoms with Gasteiger partial charge in [0.05, 0.1) is 6.61 Å². The van der Waals surface area contributed by atoms with Gasteiger partial charge in [0.25, 0.3) is 0 Å². The van der Waals surface area contributed by atoms with Crippen molar-refractivity contribution in [2.45, 2.75) is 38.1 Å². The zero-order chi connectivity index (χ0) is 13.8. The number of esters is 1. The van der Waals surface area contributed by atoms with E-state index in [1.54, 1.807) is 25.6 Å². The first-order valence-corrected chi connectivity index (χ1v) is 7.01. The molecule has 1 aromatic carbocycles. The predicted molar refractivity (Wildman–Crippen MR) is 75.9 cm³/mol. The molecule has 1 rings (SSSR count). The van der Waals surface area contributed by atoms with E-state index < -0.39 is 5.54 Å². The van der Waals surface area contributed by atoms with Crippen LogP contribution >= 0.6 is 11.8 Å². The highest BCUT2D eigenvalue weighted by atomic mass is 32.2. The Labute approximate surface area is 113 Å². The van der Waals surface area contributed by atoms with Gasteiger partial charge in [-0.05, 0) is 39.3 Å². The summed E-state index contributed by atoms with van der Waals surface area (Å²) in [5, 5.41) is 0. The summed E-state index contributed by atoms with van der Waals surface area (Å²) in [7, 11) is 0. The third-order valence-corrected chi connectivity index (χ3v) is 4.11. The van der Waals surface area contributed by atoms with E-state index in [2.05, 4.69) is 32.0 Å². The van der Waals surface area contributed by atoms with Gasteiger partial charge in [0.2, 0.25) is 0 Å². The quantitative estimate of drug-likeness (QED) is 0.658. The molecule has 1 atom stereocenters. The zero-order valence-corrected chi connectivity index (χ0v) is 12.3. The molecule has 0 spiro atoms. The fraction of sp³-hybridized carbons (Fsp3) is 0.500. The summed E-state index contributed by atoms with van der Waals surface area (Å²) in [5.74, 6) is 0.165. The van der Waals surface area contributed by atoms with Gasteiger partial charge in [-0.25, -0.2) is 0 Å². The first kappa shape index (κ1) is 15.1. The molecule has 0 bridgehead atoms. The number of benzene rings is 1. The smallest absolute Gasteiger partial charge is 0.326 e. The standard InChI is InChI=1S/C14H21NO2S/c1-5-17-13(16)14(4,15)9-18-12-7-6-10(2)8-11(12)3/h6-8H,5,9,15H2,1-4H3. The van der Waals surface area contributed by atoms with E-state index in [4.69, 9.17) is 10.5 Å². The van der Waals surface area contributed by atoms with Gasteiger partial charge >= 0.3 is 5.97 Å². The number of hydrogen-bond acceptors (Lipinski definition) is 4. The van der Waals surface area contributed by atoms with E-state index in [0.717, 1.165) is 4.90 Å². The van der Waals surface area contributed by atoms with E-state index in [9.17, 15) is 4.79 Å². The summed E-state index contributed by atoms with van der Waals surface area (Å²) in [5.41, 5.74) is 7.47. The van der Waals surface area contributed by atoms with E-state index in [1.807, 2.05) is 0 Å². The van der Waals surface area contributed by atoms with Crippen molar-refractivity contribution in [1.29, 1.82) is 0 Å². The van der Waals surface area contributed by atoms with Crippen LogP contribution in [0.5, 0.6) is 0 Å². The minimum atomic E-state index is -0.946. The Hall–Kier alpha value is -1.00. The molecule has 0 fully saturated rings. The van der Waals surface area contributed by atoms with Crippen LogP contribution in [-0.4, -0.2) is 23.9 Å². The summed E-state index contributed by atoms with van der Waals surface area (Å²) in [6.07, 6.45) is 0. The van der Waals surface area contributed by atoms with Crippen LogP contribution < -0.4 is 5.73 Å². The molecular formula is C14H21NO2S. The highest BCUT2D eigenvalue weighted by Gasteiger charge is 2.30. The largest absolute Gasteiger partial charge is 0.465 e. The molecular weight excluding hydrogens is 246 g/mol. The first-order chi connectivity index (χ1) is 8.36. The second kappa shape index (κ2) is 6.25. The Bertz CT molecular complexity index is 430. The van der Waals surface area contributed by atoms with Crippen LogP contribution in [0.2, 0.25) is 0 Å². The van der Waals surface area contributed by atoms with Gasteiger partial charge in [-0.15, -0.1) is 11.8 Å². The Morgan fingerprint density at radius 1 is 1.44 bits per heavy atom. The summed E-state index contributed by atoms with van der Waals surface area (Å²) in [6, 6.07) is 6.25. The number of rotatable bonds is 5. The Kier molecular flexibility index (Phi) is 5.23. The summed E-state index contributed by atoms with van der Waals surface area (Å²) >= 11 is 1.59. The molecule has 18 heavy (non-hydrogen) atoms. The van der Waals surface area contributed by atoms with Crippen LogP contribution in [0, 0.1) is 13.8 Å². The second-order valence-electron chi connectivity index (χ2n) is 4.70. The number of carbonyl (C=O) groups is 1. The molecule has 0 heterocycles. The molecule has 100 valence electrons. The minimum absolute atomic E-state index is 0.345. The topological polar surface area (TPSA) is 52.3 Å². The lowest BCUT2D eigenvalue weighted by molar-refractivity contribution is -0.148. The molecule has 0 amide bonds. The van der Waals surface area contributed by atoms with Crippen molar-refractivity contribution in [3.05, 3.63) is 29.3 Å². The average Bonchev–Trinajstić information content (AvgIpc) is 2.28. The number of thioether (sulfide) groups is 1. The van der Waals surface area contributed by atoms with Gasteiger partial charge in [0, 0.05) is 10.6 Å². The van der Waals surface area contributed by atoms with Gasteiger partial charge in [0.15, 0.2) is 0 Å². The van der Waals surface area contributed by atoms with Crippen molar-refractivity contribution in [1.82, 2.24) is 0 Å². The van der Waals surface area contributed by atoms with Gasteiger partial charge in [-0.1, -0.05) is 17.7 Å². The van der Waals surface area contributed by atoms with Crippen LogP contribution in [-0.2, 0) is 9.53 Å². The zero-order valence-electron chi connectivity index (χ0n) is 11.4. The highest BCUT2D eigenvalue weighted by Crippen LogP contribution is 2.26. The number of hydrogen-bond donors (Lipinski definition) is 1. The fourth-order valence-corrected chi connectivity index (χ4v) is 2.57. The third-order valence-electron chi connectivity index (χ3n) is 2.60. The average molecular weight is 267 g/mol. The summed E-state index contributed by atoms with van der Waals surface area (Å²) in [4.78, 5) is 12.8. The normalized spacial score (nSPS) is 14.1. The molecule has 0 aliphatic heterocycles. The molecule has 0 saturated heterocycles. The van der Waals surface area contributed by atoms with Crippen LogP contribution in [0.15, 0.2) is 23.1 Å². The maximum Gasteiger partial charge on any atom is 0.326 e. The van der Waals surface area contributed by atoms with Crippen LogP contribution in [0.1, 0.15) is 25.0 Å².